The van der Waals surface area contributed by atoms with Crippen LogP contribution in [0, 0.1) is 0 Å². The van der Waals surface area contributed by atoms with Crippen LogP contribution in [0.25, 0.3) is 0 Å². The molecule has 0 rings (SSSR count). The van der Waals surface area contributed by atoms with Crippen LogP contribution in [0.5, 0.6) is 0 Å². The van der Waals surface area contributed by atoms with Gasteiger partial charge in [-0.25, -0.2) is 0 Å². The predicted octanol–water partition coefficient (Wildman–Crippen LogP) is 1.12. The highest BCUT2D eigenvalue weighted by atomic mass is 16.1. The largest absolute Gasteiger partial charge is 0.311 e. The molecule has 0 aliphatic rings. The Kier molecular flexibility index (Phi) is 5.07. The zero-order chi connectivity index (χ0) is 8.69. The molecule has 0 aromatic rings. The number of carbonyl (C=O) groups is 1. The highest BCUT2D eigenvalue weighted by molar-refractivity contribution is 6.03. The van der Waals surface area contributed by atoms with Crippen LogP contribution in [0.15, 0.2) is 17.1 Å². The maximum Gasteiger partial charge on any atom is 0.222 e. The summed E-state index contributed by atoms with van der Waals surface area (Å²) in [6.45, 7) is 5.95. The number of amidine groups is 1. The van der Waals surface area contributed by atoms with Crippen molar-refractivity contribution in [2.45, 2.75) is 20.8 Å². The molecule has 0 saturated heterocycles. The van der Waals surface area contributed by atoms with Crippen LogP contribution in [0.4, 0.5) is 0 Å². The van der Waals surface area contributed by atoms with Gasteiger partial charge in [-0.1, -0.05) is 6.08 Å². The molecule has 3 nitrogen and oxygen atoms in total. The lowest BCUT2D eigenvalue weighted by Gasteiger charge is -1.99. The Morgan fingerprint density at radius 2 is 2.27 bits per heavy atom. The number of hydrogen-bond donors (Lipinski definition) is 1. The number of carbonyl (C=O) groups excluding carboxylic acids is 1. The predicted molar refractivity (Wildman–Crippen MR) is 46.6 cm³/mol. The lowest BCUT2D eigenvalue weighted by molar-refractivity contribution is -0.117. The minimum absolute atomic E-state index is 0.0877. The molecule has 0 radical (unpaired) electrons. The van der Waals surface area contributed by atoms with E-state index in [0.717, 1.165) is 0 Å². The fraction of sp³-hybridized carbons (Fsp3) is 0.500. The van der Waals surface area contributed by atoms with Crippen molar-refractivity contribution in [3.63, 3.8) is 0 Å². The van der Waals surface area contributed by atoms with Gasteiger partial charge in [0.2, 0.25) is 5.91 Å². The topological polar surface area (TPSA) is 41.5 Å². The van der Waals surface area contributed by atoms with Crippen LogP contribution >= 0.6 is 0 Å². The summed E-state index contributed by atoms with van der Waals surface area (Å²) in [5.74, 6) is 0.540. The van der Waals surface area contributed by atoms with E-state index in [1.54, 1.807) is 6.08 Å². The molecule has 0 aromatic heterocycles. The molecule has 0 unspecified atom stereocenters. The third-order valence-corrected chi connectivity index (χ3v) is 0.957. The number of rotatable bonds is 2. The Bertz CT molecular complexity index is 183. The van der Waals surface area contributed by atoms with E-state index in [4.69, 9.17) is 0 Å². The zero-order valence-corrected chi connectivity index (χ0v) is 7.22. The Labute approximate surface area is 67.2 Å². The van der Waals surface area contributed by atoms with Crippen LogP contribution in [-0.4, -0.2) is 18.3 Å². The van der Waals surface area contributed by atoms with Gasteiger partial charge in [0.05, 0.1) is 0 Å². The summed E-state index contributed by atoms with van der Waals surface area (Å²) >= 11 is 0. The molecule has 1 amide bonds. The molecule has 0 fully saturated rings. The van der Waals surface area contributed by atoms with Crippen molar-refractivity contribution in [3.8, 4) is 0 Å². The van der Waals surface area contributed by atoms with E-state index in [1.165, 1.54) is 6.92 Å². The molecule has 0 bridgehead atoms. The molecule has 0 heterocycles. The van der Waals surface area contributed by atoms with E-state index < -0.39 is 0 Å². The Morgan fingerprint density at radius 3 is 2.64 bits per heavy atom. The standard InChI is InChI=1S/C8H14N2O/c1-4-6-8(9-5-2)10-7(3)11/h4,6H,5H2,1-3H3,(H,9,10,11)/b6-4-. The third kappa shape index (κ3) is 5.33. The lowest BCUT2D eigenvalue weighted by atomic mass is 10.4. The fourth-order valence-electron chi connectivity index (χ4n) is 0.642. The molecule has 3 heteroatoms. The van der Waals surface area contributed by atoms with Crippen LogP contribution in [0.1, 0.15) is 20.8 Å². The lowest BCUT2D eigenvalue weighted by Crippen LogP contribution is -2.26. The molecule has 0 saturated carbocycles. The first-order chi connectivity index (χ1) is 5.20. The molecule has 0 aliphatic heterocycles. The molecule has 0 aliphatic carbocycles. The summed E-state index contributed by atoms with van der Waals surface area (Å²) in [7, 11) is 0. The van der Waals surface area contributed by atoms with Gasteiger partial charge in [0, 0.05) is 13.5 Å². The fourth-order valence-corrected chi connectivity index (χ4v) is 0.642. The van der Waals surface area contributed by atoms with Gasteiger partial charge in [0.25, 0.3) is 0 Å². The monoisotopic (exact) mass is 154 g/mol. The summed E-state index contributed by atoms with van der Waals surface area (Å²) in [5.41, 5.74) is 0. The minimum Gasteiger partial charge on any atom is -0.311 e. The molecule has 0 aromatic carbocycles. The molecule has 1 N–H and O–H groups in total. The minimum atomic E-state index is -0.0877. The maximum atomic E-state index is 10.6. The van der Waals surface area contributed by atoms with Gasteiger partial charge in [-0.2, -0.15) is 0 Å². The zero-order valence-electron chi connectivity index (χ0n) is 7.22. The van der Waals surface area contributed by atoms with E-state index >= 15 is 0 Å². The van der Waals surface area contributed by atoms with Gasteiger partial charge in [-0.05, 0) is 19.9 Å². The molecule has 11 heavy (non-hydrogen) atoms. The van der Waals surface area contributed by atoms with Gasteiger partial charge in [0.15, 0.2) is 0 Å². The smallest absolute Gasteiger partial charge is 0.222 e. The quantitative estimate of drug-likeness (QED) is 0.470. The molecular formula is C8H14N2O. The Hall–Kier alpha value is -1.12. The first kappa shape index (κ1) is 9.88. The van der Waals surface area contributed by atoms with E-state index in [2.05, 4.69) is 10.3 Å². The van der Waals surface area contributed by atoms with Crippen LogP contribution < -0.4 is 5.32 Å². The second-order valence-electron chi connectivity index (χ2n) is 2.04. The van der Waals surface area contributed by atoms with Crippen molar-refractivity contribution >= 4 is 11.7 Å². The highest BCUT2D eigenvalue weighted by Crippen LogP contribution is 1.79. The summed E-state index contributed by atoms with van der Waals surface area (Å²) in [5, 5.41) is 2.61. The number of nitrogens with zero attached hydrogens (tertiary/aromatic N) is 1. The third-order valence-electron chi connectivity index (χ3n) is 0.957. The van der Waals surface area contributed by atoms with Gasteiger partial charge in [0.1, 0.15) is 5.84 Å². The molecule has 62 valence electrons. The van der Waals surface area contributed by atoms with E-state index in [1.807, 2.05) is 19.9 Å². The van der Waals surface area contributed by atoms with Gasteiger partial charge in [-0.3, -0.25) is 9.79 Å². The van der Waals surface area contributed by atoms with Crippen molar-refractivity contribution in [3.05, 3.63) is 12.2 Å². The van der Waals surface area contributed by atoms with Crippen molar-refractivity contribution in [2.24, 2.45) is 4.99 Å². The molecular weight excluding hydrogens is 140 g/mol. The summed E-state index contributed by atoms with van der Waals surface area (Å²) in [6, 6.07) is 0. The van der Waals surface area contributed by atoms with E-state index in [0.29, 0.717) is 12.4 Å². The van der Waals surface area contributed by atoms with E-state index in [9.17, 15) is 4.79 Å². The second kappa shape index (κ2) is 5.65. The number of amides is 1. The number of nitrogens with one attached hydrogen (secondary N) is 1. The van der Waals surface area contributed by atoms with Crippen molar-refractivity contribution in [1.82, 2.24) is 5.32 Å². The average Bonchev–Trinajstić information content (AvgIpc) is 1.87. The number of allylic oxidation sites excluding steroid dienone is 1. The summed E-state index contributed by atoms with van der Waals surface area (Å²) in [6.07, 6.45) is 3.61. The average molecular weight is 154 g/mol. The summed E-state index contributed by atoms with van der Waals surface area (Å²) < 4.78 is 0. The van der Waals surface area contributed by atoms with E-state index in [-0.39, 0.29) is 5.91 Å². The molecule has 0 spiro atoms. The van der Waals surface area contributed by atoms with Gasteiger partial charge in [-0.15, -0.1) is 0 Å². The van der Waals surface area contributed by atoms with Crippen LogP contribution in [0.3, 0.4) is 0 Å². The maximum absolute atomic E-state index is 10.6. The van der Waals surface area contributed by atoms with Crippen molar-refractivity contribution in [2.75, 3.05) is 6.54 Å². The van der Waals surface area contributed by atoms with Gasteiger partial charge >= 0.3 is 0 Å². The molecule has 0 atom stereocenters. The Morgan fingerprint density at radius 1 is 1.64 bits per heavy atom. The Balaban J connectivity index is 4.11. The first-order valence-electron chi connectivity index (χ1n) is 3.65. The first-order valence-corrected chi connectivity index (χ1v) is 3.65. The van der Waals surface area contributed by atoms with Crippen LogP contribution in [-0.2, 0) is 4.79 Å². The number of hydrogen-bond acceptors (Lipinski definition) is 2. The van der Waals surface area contributed by atoms with Crippen molar-refractivity contribution < 1.29 is 4.79 Å². The van der Waals surface area contributed by atoms with Gasteiger partial charge < -0.3 is 5.32 Å². The normalized spacial score (nSPS) is 12.1. The summed E-state index contributed by atoms with van der Waals surface area (Å²) in [4.78, 5) is 14.6. The number of aliphatic imine (C=N–C) groups is 1. The van der Waals surface area contributed by atoms with Crippen LogP contribution in [0.2, 0.25) is 0 Å². The second-order valence-corrected chi connectivity index (χ2v) is 2.04. The highest BCUT2D eigenvalue weighted by Gasteiger charge is 1.93. The van der Waals surface area contributed by atoms with Crippen molar-refractivity contribution in [1.29, 1.82) is 0 Å². The SMILES string of the molecule is C/C=C\C(=NCC)NC(C)=O.